The van der Waals surface area contributed by atoms with Gasteiger partial charge in [0.1, 0.15) is 17.8 Å². The second-order valence-electron chi connectivity index (χ2n) is 6.91. The Balaban J connectivity index is 1.46. The monoisotopic (exact) mass is 536 g/mol. The summed E-state index contributed by atoms with van der Waals surface area (Å²) in [5, 5.41) is 24.2. The lowest BCUT2D eigenvalue weighted by molar-refractivity contribution is -0.384. The van der Waals surface area contributed by atoms with Crippen LogP contribution in [0.4, 0.5) is 10.8 Å². The molecule has 3 rings (SSSR count). The number of hydrogen-bond donors (Lipinski definition) is 4. The predicted molar refractivity (Wildman–Crippen MR) is 138 cm³/mol. The van der Waals surface area contributed by atoms with Crippen molar-refractivity contribution in [3.05, 3.63) is 58.1 Å². The number of hydrogen-bond acceptors (Lipinski definition) is 13. The number of nitrogens with two attached hydrogens (primary N) is 2. The minimum atomic E-state index is -1.09. The van der Waals surface area contributed by atoms with Gasteiger partial charge in [-0.1, -0.05) is 32.9 Å². The first-order chi connectivity index (χ1) is 16.7. The molecule has 1 heterocycles. The number of esters is 1. The van der Waals surface area contributed by atoms with E-state index in [2.05, 4.69) is 15.5 Å². The van der Waals surface area contributed by atoms with Crippen LogP contribution in [0.3, 0.4) is 0 Å². The number of benzene rings is 2. The highest BCUT2D eigenvalue weighted by Crippen LogP contribution is 2.29. The molecule has 1 aromatic heterocycles. The van der Waals surface area contributed by atoms with Crippen molar-refractivity contribution < 1.29 is 24.4 Å². The largest absolute Gasteiger partial charge is 0.480 e. The van der Waals surface area contributed by atoms with Gasteiger partial charge in [-0.15, -0.1) is 0 Å². The Morgan fingerprint density at radius 1 is 1.20 bits per heavy atom. The van der Waals surface area contributed by atoms with E-state index in [1.807, 2.05) is 0 Å². The standard InChI is InChI=1S/C20H20N6O6S3/c21-14(18(27)28)9-33-34-10-15(22)19(29)32-13-4-1-11(2-5-13)8-23-25-20-24-16-6-3-12(26(30)31)7-17(16)35-20/h1-8,14-15H,9-10,21-22H2,(H,24,25)(H,27,28). The van der Waals surface area contributed by atoms with Crippen LogP contribution in [0, 0.1) is 10.1 Å². The molecule has 0 aliphatic heterocycles. The highest BCUT2D eigenvalue weighted by Gasteiger charge is 2.17. The molecule has 0 saturated heterocycles. The number of thiazole rings is 1. The molecule has 6 N–H and O–H groups in total. The van der Waals surface area contributed by atoms with Crippen molar-refractivity contribution in [2.75, 3.05) is 16.9 Å². The van der Waals surface area contributed by atoms with E-state index < -0.39 is 28.9 Å². The zero-order valence-corrected chi connectivity index (χ0v) is 20.3. The van der Waals surface area contributed by atoms with Gasteiger partial charge >= 0.3 is 11.9 Å². The first-order valence-corrected chi connectivity index (χ1v) is 13.2. The molecule has 0 spiro atoms. The smallest absolute Gasteiger partial charge is 0.329 e. The van der Waals surface area contributed by atoms with Gasteiger partial charge in [-0.2, -0.15) is 5.10 Å². The molecule has 35 heavy (non-hydrogen) atoms. The van der Waals surface area contributed by atoms with E-state index in [0.29, 0.717) is 21.1 Å². The zero-order valence-electron chi connectivity index (χ0n) is 17.9. The summed E-state index contributed by atoms with van der Waals surface area (Å²) >= 11 is 1.24. The Kier molecular flexibility index (Phi) is 9.39. The number of fused-ring (bicyclic) bond motifs is 1. The van der Waals surface area contributed by atoms with Crippen molar-refractivity contribution in [2.45, 2.75) is 12.1 Å². The molecule has 3 aromatic rings. The first kappa shape index (κ1) is 26.4. The number of aliphatic carboxylic acids is 1. The maximum Gasteiger partial charge on any atom is 0.329 e. The number of non-ortho nitro benzene ring substituents is 1. The molecule has 0 fully saturated rings. The number of ether oxygens (including phenoxy) is 1. The second kappa shape index (κ2) is 12.5. The molecule has 0 amide bonds. The summed E-state index contributed by atoms with van der Waals surface area (Å²) < 4.78 is 5.93. The van der Waals surface area contributed by atoms with Gasteiger partial charge < -0.3 is 21.3 Å². The lowest BCUT2D eigenvalue weighted by Crippen LogP contribution is -2.36. The number of carbonyl (C=O) groups is 2. The van der Waals surface area contributed by atoms with Crippen molar-refractivity contribution >= 4 is 72.1 Å². The first-order valence-electron chi connectivity index (χ1n) is 9.87. The fourth-order valence-corrected chi connectivity index (χ4v) is 5.50. The third kappa shape index (κ3) is 7.90. The van der Waals surface area contributed by atoms with Crippen LogP contribution in [0.1, 0.15) is 5.56 Å². The molecule has 0 aliphatic carbocycles. The number of nitrogens with one attached hydrogen (secondary N) is 1. The third-order valence-electron chi connectivity index (χ3n) is 4.25. The minimum Gasteiger partial charge on any atom is -0.480 e. The maximum absolute atomic E-state index is 12.1. The Hall–Kier alpha value is -3.24. The topological polar surface area (TPSA) is 196 Å². The number of anilines is 1. The van der Waals surface area contributed by atoms with Crippen LogP contribution in [-0.4, -0.2) is 56.8 Å². The van der Waals surface area contributed by atoms with E-state index in [1.54, 1.807) is 36.5 Å². The molecule has 0 aliphatic rings. The molecule has 0 bridgehead atoms. The highest BCUT2D eigenvalue weighted by molar-refractivity contribution is 8.76. The van der Waals surface area contributed by atoms with E-state index in [0.717, 1.165) is 5.56 Å². The van der Waals surface area contributed by atoms with Gasteiger partial charge in [0.25, 0.3) is 5.69 Å². The number of carboxylic acids is 1. The summed E-state index contributed by atoms with van der Waals surface area (Å²) in [5.41, 5.74) is 15.4. The Morgan fingerprint density at radius 2 is 1.89 bits per heavy atom. The minimum absolute atomic E-state index is 0.00364. The van der Waals surface area contributed by atoms with Crippen molar-refractivity contribution in [3.63, 3.8) is 0 Å². The molecule has 0 saturated carbocycles. The molecule has 2 unspecified atom stereocenters. The Bertz CT molecular complexity index is 1240. The number of carbonyl (C=O) groups excluding carboxylic acids is 1. The predicted octanol–water partition coefficient (Wildman–Crippen LogP) is 2.68. The average molecular weight is 537 g/mol. The van der Waals surface area contributed by atoms with Crippen LogP contribution in [0.2, 0.25) is 0 Å². The fraction of sp³-hybridized carbons (Fsp3) is 0.200. The van der Waals surface area contributed by atoms with Gasteiger partial charge in [-0.05, 0) is 35.9 Å². The summed E-state index contributed by atoms with van der Waals surface area (Å²) in [6.45, 7) is 0. The van der Waals surface area contributed by atoms with Crippen molar-refractivity contribution in [1.82, 2.24) is 4.98 Å². The van der Waals surface area contributed by atoms with Crippen molar-refractivity contribution in [3.8, 4) is 5.75 Å². The Labute approximate surface area is 210 Å². The normalized spacial score (nSPS) is 13.0. The van der Waals surface area contributed by atoms with Crippen LogP contribution in [0.5, 0.6) is 5.75 Å². The van der Waals surface area contributed by atoms with Crippen LogP contribution in [-0.2, 0) is 9.59 Å². The molecule has 2 atom stereocenters. The second-order valence-corrected chi connectivity index (χ2v) is 10.5. The van der Waals surface area contributed by atoms with Gasteiger partial charge in [0, 0.05) is 23.6 Å². The fourth-order valence-electron chi connectivity index (χ4n) is 2.43. The SMILES string of the molecule is NC(CSSCC(N)C(=O)Oc1ccc(C=NNc2nc3ccc([N+](=O)[O-])cc3s2)cc1)C(=O)O. The lowest BCUT2D eigenvalue weighted by Gasteiger charge is -2.11. The Morgan fingerprint density at radius 3 is 2.54 bits per heavy atom. The van der Waals surface area contributed by atoms with Gasteiger partial charge in [-0.3, -0.25) is 20.3 Å². The quantitative estimate of drug-likeness (QED) is 0.0503. The molecule has 2 aromatic carbocycles. The van der Waals surface area contributed by atoms with E-state index in [1.165, 1.54) is 45.1 Å². The summed E-state index contributed by atoms with van der Waals surface area (Å²) in [6, 6.07) is 9.15. The van der Waals surface area contributed by atoms with Gasteiger partial charge in [-0.25, -0.2) is 9.78 Å². The number of aromatic nitrogens is 1. The lowest BCUT2D eigenvalue weighted by atomic mass is 10.2. The molecule has 12 nitrogen and oxygen atoms in total. The molecular weight excluding hydrogens is 516 g/mol. The van der Waals surface area contributed by atoms with Crippen LogP contribution in [0.25, 0.3) is 10.2 Å². The van der Waals surface area contributed by atoms with E-state index in [9.17, 15) is 19.7 Å². The number of nitro benzene ring substituents is 1. The number of nitro groups is 1. The van der Waals surface area contributed by atoms with E-state index in [-0.39, 0.29) is 17.2 Å². The van der Waals surface area contributed by atoms with E-state index in [4.69, 9.17) is 21.3 Å². The maximum atomic E-state index is 12.1. The summed E-state index contributed by atoms with van der Waals surface area (Å²) in [5.74, 6) is -0.947. The molecule has 15 heteroatoms. The highest BCUT2D eigenvalue weighted by atomic mass is 33.1. The third-order valence-corrected chi connectivity index (χ3v) is 7.65. The van der Waals surface area contributed by atoms with Crippen molar-refractivity contribution in [2.24, 2.45) is 16.6 Å². The number of rotatable bonds is 12. The number of nitrogens with zero attached hydrogens (tertiary/aromatic N) is 3. The van der Waals surface area contributed by atoms with Crippen LogP contribution < -0.4 is 21.6 Å². The summed E-state index contributed by atoms with van der Waals surface area (Å²) in [7, 11) is 2.47. The average Bonchev–Trinajstić information content (AvgIpc) is 3.24. The van der Waals surface area contributed by atoms with E-state index >= 15 is 0 Å². The zero-order chi connectivity index (χ0) is 25.4. The number of hydrazone groups is 1. The molecule has 184 valence electrons. The van der Waals surface area contributed by atoms with Crippen LogP contribution in [0.15, 0.2) is 47.6 Å². The van der Waals surface area contributed by atoms with Gasteiger partial charge in [0.05, 0.1) is 21.4 Å². The van der Waals surface area contributed by atoms with Crippen molar-refractivity contribution in [1.29, 1.82) is 0 Å². The molecule has 0 radical (unpaired) electrons. The summed E-state index contributed by atoms with van der Waals surface area (Å²) in [4.78, 5) is 37.5. The van der Waals surface area contributed by atoms with Gasteiger partial charge in [0.15, 0.2) is 0 Å². The summed E-state index contributed by atoms with van der Waals surface area (Å²) in [6.07, 6.45) is 1.54. The van der Waals surface area contributed by atoms with Gasteiger partial charge in [0.2, 0.25) is 5.13 Å². The number of carboxylic acid groups (broad SMARTS) is 1. The molecular formula is C20H20N6O6S3. The van der Waals surface area contributed by atoms with Crippen LogP contribution >= 0.6 is 32.9 Å².